The Labute approximate surface area is 107 Å². The van der Waals surface area contributed by atoms with Crippen molar-refractivity contribution >= 4 is 20.3 Å². The highest BCUT2D eigenvalue weighted by atomic mass is 32.3. The van der Waals surface area contributed by atoms with Crippen molar-refractivity contribution < 1.29 is 34.2 Å². The van der Waals surface area contributed by atoms with Gasteiger partial charge in [-0.15, -0.1) is 0 Å². The lowest BCUT2D eigenvalue weighted by Crippen LogP contribution is -2.40. The molecule has 0 heterocycles. The molecular weight excluding hydrogens is 311 g/mol. The van der Waals surface area contributed by atoms with Gasteiger partial charge < -0.3 is 0 Å². The van der Waals surface area contributed by atoms with Gasteiger partial charge in [-0.25, -0.2) is 8.42 Å². The number of hydrogen-bond acceptors (Lipinski definition) is 5. The van der Waals surface area contributed by atoms with Gasteiger partial charge in [0.2, 0.25) is 0 Å². The smallest absolute Gasteiger partial charge is 0.253 e. The summed E-state index contributed by atoms with van der Waals surface area (Å²) in [5.74, 6) is 0. The number of hydrogen-bond donors (Lipinski definition) is 1. The largest absolute Gasteiger partial charge is 0.512 e. The minimum atomic E-state index is -6.02. The Balaban J connectivity index is 2.74. The zero-order valence-electron chi connectivity index (χ0n) is 9.09. The van der Waals surface area contributed by atoms with Gasteiger partial charge in [-0.3, -0.25) is 4.18 Å². The van der Waals surface area contributed by atoms with Gasteiger partial charge >= 0.3 is 25.8 Å². The zero-order valence-corrected chi connectivity index (χ0v) is 10.7. The molecule has 0 unspecified atom stereocenters. The van der Waals surface area contributed by atoms with Crippen LogP contribution in [0.4, 0.5) is 13.2 Å². The molecule has 1 rings (SSSR count). The first-order chi connectivity index (χ1) is 8.54. The fraction of sp³-hybridized carbons (Fsp3) is 0.250. The Morgan fingerprint density at radius 1 is 1.05 bits per heavy atom. The van der Waals surface area contributed by atoms with Gasteiger partial charge in [-0.2, -0.15) is 21.6 Å². The summed E-state index contributed by atoms with van der Waals surface area (Å²) >= 11 is 0. The lowest BCUT2D eigenvalue weighted by Gasteiger charge is -2.10. The summed E-state index contributed by atoms with van der Waals surface area (Å²) in [4.78, 5) is 0. The van der Waals surface area contributed by atoms with Gasteiger partial charge in [0.15, 0.2) is 0 Å². The van der Waals surface area contributed by atoms with Gasteiger partial charge in [0.25, 0.3) is 0 Å². The van der Waals surface area contributed by atoms with Crippen LogP contribution in [0.15, 0.2) is 30.3 Å². The molecule has 0 fully saturated rings. The van der Waals surface area contributed by atoms with Gasteiger partial charge in [0, 0.05) is 0 Å². The predicted molar refractivity (Wildman–Crippen MR) is 58.3 cm³/mol. The van der Waals surface area contributed by atoms with Crippen LogP contribution in [-0.2, 0) is 31.1 Å². The van der Waals surface area contributed by atoms with E-state index in [-0.39, 0.29) is 0 Å². The monoisotopic (exact) mass is 319 g/mol. The van der Waals surface area contributed by atoms with E-state index >= 15 is 0 Å². The SMILES string of the molecule is O=S(=O)(NS(=O)(=O)C(F)(F)F)OCc1ccccc1. The van der Waals surface area contributed by atoms with Crippen molar-refractivity contribution in [3.8, 4) is 0 Å². The fourth-order valence-electron chi connectivity index (χ4n) is 0.926. The molecule has 0 aliphatic carbocycles. The van der Waals surface area contributed by atoms with Crippen molar-refractivity contribution in [2.45, 2.75) is 12.1 Å². The van der Waals surface area contributed by atoms with E-state index in [1.54, 1.807) is 18.2 Å². The average molecular weight is 319 g/mol. The minimum Gasteiger partial charge on any atom is -0.253 e. The first kappa shape index (κ1) is 15.9. The van der Waals surface area contributed by atoms with Crippen LogP contribution in [0.25, 0.3) is 0 Å². The topological polar surface area (TPSA) is 89.5 Å². The average Bonchev–Trinajstić information content (AvgIpc) is 2.25. The molecule has 0 saturated carbocycles. The van der Waals surface area contributed by atoms with E-state index in [0.29, 0.717) is 9.69 Å². The van der Waals surface area contributed by atoms with E-state index in [9.17, 15) is 30.0 Å². The quantitative estimate of drug-likeness (QED) is 0.870. The molecule has 0 aliphatic heterocycles. The summed E-state index contributed by atoms with van der Waals surface area (Å²) in [5.41, 5.74) is -5.40. The van der Waals surface area contributed by atoms with Crippen LogP contribution in [0.5, 0.6) is 0 Å². The maximum absolute atomic E-state index is 12.0. The van der Waals surface area contributed by atoms with E-state index in [2.05, 4.69) is 4.18 Å². The van der Waals surface area contributed by atoms with Gasteiger partial charge in [0.1, 0.15) is 0 Å². The molecule has 0 aliphatic rings. The first-order valence-corrected chi connectivity index (χ1v) is 7.46. The molecule has 1 aromatic rings. The lowest BCUT2D eigenvalue weighted by atomic mass is 10.2. The molecule has 6 nitrogen and oxygen atoms in total. The Kier molecular flexibility index (Phi) is 4.55. The molecule has 19 heavy (non-hydrogen) atoms. The second-order valence-electron chi connectivity index (χ2n) is 3.23. The first-order valence-electron chi connectivity index (χ1n) is 4.57. The maximum atomic E-state index is 12.0. The Morgan fingerprint density at radius 2 is 1.58 bits per heavy atom. The van der Waals surface area contributed by atoms with Crippen LogP contribution < -0.4 is 4.13 Å². The van der Waals surface area contributed by atoms with Crippen molar-refractivity contribution in [3.63, 3.8) is 0 Å². The molecule has 0 atom stereocenters. The van der Waals surface area contributed by atoms with Crippen LogP contribution in [0, 0.1) is 0 Å². The second kappa shape index (κ2) is 5.45. The van der Waals surface area contributed by atoms with Crippen molar-refractivity contribution in [1.82, 2.24) is 4.13 Å². The fourth-order valence-corrected chi connectivity index (χ4v) is 2.86. The van der Waals surface area contributed by atoms with Gasteiger partial charge in [-0.1, -0.05) is 34.5 Å². The zero-order chi connectivity index (χ0) is 14.7. The van der Waals surface area contributed by atoms with E-state index in [0.717, 1.165) is 0 Å². The Hall–Kier alpha value is -1.17. The van der Waals surface area contributed by atoms with Gasteiger partial charge in [-0.05, 0) is 5.56 Å². The number of benzene rings is 1. The van der Waals surface area contributed by atoms with Crippen LogP contribution in [0.1, 0.15) is 5.56 Å². The molecule has 0 spiro atoms. The van der Waals surface area contributed by atoms with Crippen LogP contribution >= 0.6 is 0 Å². The summed E-state index contributed by atoms with van der Waals surface area (Å²) in [5, 5.41) is 0. The maximum Gasteiger partial charge on any atom is 0.512 e. The third kappa shape index (κ3) is 4.78. The third-order valence-corrected chi connectivity index (χ3v) is 4.47. The standard InChI is InChI=1S/C8H8F3NO5S2/c9-8(10,11)18(13,14)12-19(15,16)17-6-7-4-2-1-3-5-7/h1-5,12H,6H2. The van der Waals surface area contributed by atoms with E-state index in [1.165, 1.54) is 12.1 Å². The number of sulfonamides is 1. The van der Waals surface area contributed by atoms with Crippen LogP contribution in [0.3, 0.4) is 0 Å². The molecule has 0 radical (unpaired) electrons. The van der Waals surface area contributed by atoms with Crippen molar-refractivity contribution in [2.24, 2.45) is 0 Å². The predicted octanol–water partition coefficient (Wildman–Crippen LogP) is 0.887. The van der Waals surface area contributed by atoms with Crippen molar-refractivity contribution in [1.29, 1.82) is 0 Å². The molecule has 0 saturated heterocycles. The van der Waals surface area contributed by atoms with E-state index in [1.807, 2.05) is 0 Å². The second-order valence-corrected chi connectivity index (χ2v) is 6.51. The summed E-state index contributed by atoms with van der Waals surface area (Å²) in [6, 6.07) is 7.63. The highest BCUT2D eigenvalue weighted by Gasteiger charge is 2.48. The number of halogens is 3. The molecular formula is C8H8F3NO5S2. The van der Waals surface area contributed by atoms with Crippen molar-refractivity contribution in [2.75, 3.05) is 0 Å². The highest BCUT2D eigenvalue weighted by molar-refractivity contribution is 8.03. The van der Waals surface area contributed by atoms with E-state index in [4.69, 9.17) is 0 Å². The Morgan fingerprint density at radius 3 is 2.05 bits per heavy atom. The summed E-state index contributed by atoms with van der Waals surface area (Å²) in [6.07, 6.45) is 0. The highest BCUT2D eigenvalue weighted by Crippen LogP contribution is 2.22. The normalized spacial score (nSPS) is 13.4. The molecule has 108 valence electrons. The Bertz CT molecular complexity index is 624. The van der Waals surface area contributed by atoms with E-state index < -0.39 is 32.4 Å². The molecule has 1 aromatic carbocycles. The molecule has 0 aromatic heterocycles. The van der Waals surface area contributed by atoms with Crippen LogP contribution in [0.2, 0.25) is 0 Å². The summed E-state index contributed by atoms with van der Waals surface area (Å²) < 4.78 is 83.7. The third-order valence-electron chi connectivity index (χ3n) is 1.74. The molecule has 11 heteroatoms. The van der Waals surface area contributed by atoms with Crippen molar-refractivity contribution in [3.05, 3.63) is 35.9 Å². The number of rotatable bonds is 5. The summed E-state index contributed by atoms with van der Waals surface area (Å²) in [6.45, 7) is -0.594. The summed E-state index contributed by atoms with van der Waals surface area (Å²) in [7, 11) is -11.1. The molecule has 0 amide bonds. The van der Waals surface area contributed by atoms with Crippen LogP contribution in [-0.4, -0.2) is 22.3 Å². The number of alkyl halides is 3. The van der Waals surface area contributed by atoms with Gasteiger partial charge in [0.05, 0.1) is 6.61 Å². The lowest BCUT2D eigenvalue weighted by molar-refractivity contribution is -0.0442. The number of nitrogens with one attached hydrogen (secondary N) is 1. The minimum absolute atomic E-state index is 0.345. The molecule has 0 bridgehead atoms. The molecule has 1 N–H and O–H groups in total.